The number of hydrogen-bond acceptors (Lipinski definition) is 4. The van der Waals surface area contributed by atoms with Crippen molar-refractivity contribution in [3.63, 3.8) is 0 Å². The Morgan fingerprint density at radius 2 is 1.67 bits per heavy atom. The van der Waals surface area contributed by atoms with Crippen molar-refractivity contribution in [3.05, 3.63) is 52.5 Å². The van der Waals surface area contributed by atoms with Gasteiger partial charge in [0.2, 0.25) is 5.75 Å². The van der Waals surface area contributed by atoms with Gasteiger partial charge in [-0.05, 0) is 35.7 Å². The molecule has 0 bridgehead atoms. The van der Waals surface area contributed by atoms with Crippen LogP contribution in [0.3, 0.4) is 0 Å². The van der Waals surface area contributed by atoms with Gasteiger partial charge in [-0.1, -0.05) is 29.8 Å². The first-order chi connectivity index (χ1) is 13.1. The van der Waals surface area contributed by atoms with Crippen LogP contribution in [0.5, 0.6) is 17.2 Å². The number of nitrogens with one attached hydrogen (secondary N) is 2. The molecule has 6 nitrogen and oxygen atoms in total. The summed E-state index contributed by atoms with van der Waals surface area (Å²) in [5.74, 6) is 2.52. The maximum absolute atomic E-state index is 6.19. The fourth-order valence-corrected chi connectivity index (χ4v) is 2.89. The molecule has 0 amide bonds. The van der Waals surface area contributed by atoms with Crippen molar-refractivity contribution in [1.82, 2.24) is 10.6 Å². The van der Waals surface area contributed by atoms with E-state index in [0.29, 0.717) is 29.8 Å². The fraction of sp³-hybridized carbons (Fsp3) is 0.350. The zero-order valence-corrected chi connectivity index (χ0v) is 16.9. The second kappa shape index (κ2) is 10.5. The average Bonchev–Trinajstić information content (AvgIpc) is 2.70. The summed E-state index contributed by atoms with van der Waals surface area (Å²) in [6, 6.07) is 11.6. The molecule has 0 saturated heterocycles. The lowest BCUT2D eigenvalue weighted by molar-refractivity contribution is 0.323. The van der Waals surface area contributed by atoms with Crippen molar-refractivity contribution >= 4 is 17.6 Å². The van der Waals surface area contributed by atoms with E-state index < -0.39 is 0 Å². The number of methoxy groups -OCH3 is 3. The summed E-state index contributed by atoms with van der Waals surface area (Å²) in [6.07, 6.45) is 0.810. The molecule has 0 heterocycles. The minimum atomic E-state index is 0.558. The zero-order valence-electron chi connectivity index (χ0n) is 16.1. The summed E-state index contributed by atoms with van der Waals surface area (Å²) < 4.78 is 16.1. The Morgan fingerprint density at radius 1 is 1.00 bits per heavy atom. The molecule has 0 aliphatic rings. The van der Waals surface area contributed by atoms with E-state index in [1.165, 1.54) is 0 Å². The third-order valence-corrected chi connectivity index (χ3v) is 4.42. The summed E-state index contributed by atoms with van der Waals surface area (Å²) in [6.45, 7) is 1.28. The van der Waals surface area contributed by atoms with Gasteiger partial charge in [-0.2, -0.15) is 0 Å². The highest BCUT2D eigenvalue weighted by atomic mass is 35.5. The first kappa shape index (κ1) is 20.7. The maximum Gasteiger partial charge on any atom is 0.203 e. The molecule has 146 valence electrons. The Bertz CT molecular complexity index is 756. The lowest BCUT2D eigenvalue weighted by Gasteiger charge is -2.16. The molecular weight excluding hydrogens is 366 g/mol. The van der Waals surface area contributed by atoms with Gasteiger partial charge in [0.1, 0.15) is 0 Å². The molecule has 2 rings (SSSR count). The number of nitrogens with zero attached hydrogens (tertiary/aromatic N) is 1. The Kier molecular flexibility index (Phi) is 8.07. The molecule has 2 aromatic rings. The number of rotatable bonds is 8. The maximum atomic E-state index is 6.19. The van der Waals surface area contributed by atoms with Gasteiger partial charge in [0, 0.05) is 25.2 Å². The van der Waals surface area contributed by atoms with Gasteiger partial charge in [0.05, 0.1) is 21.3 Å². The number of ether oxygens (including phenoxy) is 3. The molecule has 2 N–H and O–H groups in total. The monoisotopic (exact) mass is 391 g/mol. The van der Waals surface area contributed by atoms with Gasteiger partial charge in [0.15, 0.2) is 17.5 Å². The second-order valence-electron chi connectivity index (χ2n) is 5.73. The Balaban J connectivity index is 1.95. The van der Waals surface area contributed by atoms with E-state index in [1.807, 2.05) is 36.4 Å². The average molecular weight is 392 g/mol. The van der Waals surface area contributed by atoms with Crippen molar-refractivity contribution in [2.24, 2.45) is 4.99 Å². The van der Waals surface area contributed by atoms with Crippen molar-refractivity contribution in [1.29, 1.82) is 0 Å². The van der Waals surface area contributed by atoms with Gasteiger partial charge >= 0.3 is 0 Å². The lowest BCUT2D eigenvalue weighted by Crippen LogP contribution is -2.37. The number of halogens is 1. The molecule has 0 aromatic heterocycles. The predicted octanol–water partition coefficient (Wildman–Crippen LogP) is 3.27. The number of hydrogen-bond donors (Lipinski definition) is 2. The topological polar surface area (TPSA) is 64.1 Å². The van der Waals surface area contributed by atoms with Gasteiger partial charge < -0.3 is 24.8 Å². The SMILES string of the molecule is CN=C(NCCc1ccccc1Cl)NCc1cc(OC)c(OC)c(OC)c1. The number of benzene rings is 2. The Morgan fingerprint density at radius 3 is 2.22 bits per heavy atom. The minimum Gasteiger partial charge on any atom is -0.493 e. The third kappa shape index (κ3) is 5.69. The van der Waals surface area contributed by atoms with Crippen LogP contribution in [0.1, 0.15) is 11.1 Å². The molecule has 0 spiro atoms. The first-order valence-corrected chi connectivity index (χ1v) is 8.97. The number of aliphatic imine (C=N–C) groups is 1. The van der Waals surface area contributed by atoms with E-state index in [2.05, 4.69) is 15.6 Å². The van der Waals surface area contributed by atoms with Crippen LogP contribution in [0.15, 0.2) is 41.4 Å². The third-order valence-electron chi connectivity index (χ3n) is 4.05. The summed E-state index contributed by atoms with van der Waals surface area (Å²) in [5, 5.41) is 7.35. The van der Waals surface area contributed by atoms with E-state index in [9.17, 15) is 0 Å². The molecule has 2 aromatic carbocycles. The Labute approximate surface area is 165 Å². The predicted molar refractivity (Wildman–Crippen MR) is 109 cm³/mol. The standard InChI is InChI=1S/C20H26ClN3O3/c1-22-20(23-10-9-15-7-5-6-8-16(15)21)24-13-14-11-17(25-2)19(27-4)18(12-14)26-3/h5-8,11-12H,9-10,13H2,1-4H3,(H2,22,23,24). The molecule has 0 aliphatic carbocycles. The molecular formula is C20H26ClN3O3. The molecule has 0 aliphatic heterocycles. The second-order valence-corrected chi connectivity index (χ2v) is 6.13. The van der Waals surface area contributed by atoms with Gasteiger partial charge in [-0.15, -0.1) is 0 Å². The molecule has 0 radical (unpaired) electrons. The van der Waals surface area contributed by atoms with Crippen LogP contribution in [0.2, 0.25) is 5.02 Å². The minimum absolute atomic E-state index is 0.558. The van der Waals surface area contributed by atoms with Crippen LogP contribution in [0, 0.1) is 0 Å². The molecule has 7 heteroatoms. The molecule has 0 atom stereocenters. The van der Waals surface area contributed by atoms with E-state index in [0.717, 1.165) is 29.1 Å². The van der Waals surface area contributed by atoms with E-state index >= 15 is 0 Å². The van der Waals surface area contributed by atoms with Crippen molar-refractivity contribution in [3.8, 4) is 17.2 Å². The zero-order chi connectivity index (χ0) is 19.6. The highest BCUT2D eigenvalue weighted by Gasteiger charge is 2.13. The quantitative estimate of drug-likeness (QED) is 0.534. The van der Waals surface area contributed by atoms with E-state index in [4.69, 9.17) is 25.8 Å². The van der Waals surface area contributed by atoms with Crippen LogP contribution in [0.25, 0.3) is 0 Å². The normalized spacial score (nSPS) is 11.1. The Hall–Kier alpha value is -2.60. The van der Waals surface area contributed by atoms with E-state index in [1.54, 1.807) is 28.4 Å². The first-order valence-electron chi connectivity index (χ1n) is 8.59. The fourth-order valence-electron chi connectivity index (χ4n) is 2.66. The van der Waals surface area contributed by atoms with Crippen molar-refractivity contribution in [2.45, 2.75) is 13.0 Å². The number of guanidine groups is 1. The highest BCUT2D eigenvalue weighted by molar-refractivity contribution is 6.31. The highest BCUT2D eigenvalue weighted by Crippen LogP contribution is 2.38. The summed E-state index contributed by atoms with van der Waals surface area (Å²) >= 11 is 6.19. The molecule has 27 heavy (non-hydrogen) atoms. The molecule has 0 saturated carbocycles. The van der Waals surface area contributed by atoms with Crippen LogP contribution < -0.4 is 24.8 Å². The van der Waals surface area contributed by atoms with Crippen LogP contribution in [0.4, 0.5) is 0 Å². The van der Waals surface area contributed by atoms with Crippen LogP contribution in [-0.4, -0.2) is 40.9 Å². The molecule has 0 fully saturated rings. The summed E-state index contributed by atoms with van der Waals surface area (Å²) in [7, 11) is 6.52. The summed E-state index contributed by atoms with van der Waals surface area (Å²) in [4.78, 5) is 4.25. The lowest BCUT2D eigenvalue weighted by atomic mass is 10.1. The van der Waals surface area contributed by atoms with Gasteiger partial charge in [0.25, 0.3) is 0 Å². The smallest absolute Gasteiger partial charge is 0.203 e. The van der Waals surface area contributed by atoms with Gasteiger partial charge in [-0.3, -0.25) is 4.99 Å². The van der Waals surface area contributed by atoms with Crippen molar-refractivity contribution in [2.75, 3.05) is 34.9 Å². The van der Waals surface area contributed by atoms with Gasteiger partial charge in [-0.25, -0.2) is 0 Å². The van der Waals surface area contributed by atoms with Crippen molar-refractivity contribution < 1.29 is 14.2 Å². The van der Waals surface area contributed by atoms with Crippen LogP contribution >= 0.6 is 11.6 Å². The summed E-state index contributed by atoms with van der Waals surface area (Å²) in [5.41, 5.74) is 2.09. The molecule has 0 unspecified atom stereocenters. The van der Waals surface area contributed by atoms with Crippen LogP contribution in [-0.2, 0) is 13.0 Å². The largest absolute Gasteiger partial charge is 0.493 e. The van der Waals surface area contributed by atoms with E-state index in [-0.39, 0.29) is 0 Å².